The summed E-state index contributed by atoms with van der Waals surface area (Å²) < 4.78 is 0. The molecule has 0 fully saturated rings. The average Bonchev–Trinajstić information content (AvgIpc) is 3.12. The second kappa shape index (κ2) is 8.22. The minimum absolute atomic E-state index is 0.313. The normalized spacial score (nSPS) is 11.4. The predicted molar refractivity (Wildman–Crippen MR) is 110 cm³/mol. The van der Waals surface area contributed by atoms with E-state index in [1.807, 2.05) is 86.5 Å². The zero-order valence-electron chi connectivity index (χ0n) is 15.9. The maximum Gasteiger partial charge on any atom is 0.291 e. The highest BCUT2D eigenvalue weighted by Crippen LogP contribution is 2.13. The molecule has 3 rings (SSSR count). The van der Waals surface area contributed by atoms with Gasteiger partial charge in [0.15, 0.2) is 0 Å². The molecule has 0 saturated carbocycles. The smallest absolute Gasteiger partial charge is 0.291 e. The molecular formula is C19H22N8. The van der Waals surface area contributed by atoms with Crippen molar-refractivity contribution >= 4 is 29.8 Å². The Morgan fingerprint density at radius 3 is 1.81 bits per heavy atom. The van der Waals surface area contributed by atoms with Gasteiger partial charge in [-0.1, -0.05) is 34.2 Å². The summed E-state index contributed by atoms with van der Waals surface area (Å²) in [6, 6.07) is 16.1. The van der Waals surface area contributed by atoms with Gasteiger partial charge in [-0.2, -0.15) is 5.10 Å². The van der Waals surface area contributed by atoms with Crippen molar-refractivity contribution in [2.75, 3.05) is 38.0 Å². The Hall–Kier alpha value is -3.55. The highest BCUT2D eigenvalue weighted by atomic mass is 15.7. The summed E-state index contributed by atoms with van der Waals surface area (Å²) in [6.45, 7) is 0. The summed E-state index contributed by atoms with van der Waals surface area (Å²) in [5.41, 5.74) is 4.16. The molecule has 1 aromatic heterocycles. The van der Waals surface area contributed by atoms with Crippen LogP contribution < -0.4 is 9.80 Å². The number of aromatic nitrogens is 4. The number of benzene rings is 2. The van der Waals surface area contributed by atoms with Gasteiger partial charge in [0.1, 0.15) is 0 Å². The van der Waals surface area contributed by atoms with Crippen LogP contribution in [0.2, 0.25) is 0 Å². The molecule has 0 saturated heterocycles. The van der Waals surface area contributed by atoms with Gasteiger partial charge in [0.05, 0.1) is 6.21 Å². The molecule has 27 heavy (non-hydrogen) atoms. The number of aliphatic imine (C=N–C) groups is 1. The van der Waals surface area contributed by atoms with Crippen LogP contribution in [0.1, 0.15) is 11.1 Å². The van der Waals surface area contributed by atoms with Crippen LogP contribution in [0.3, 0.4) is 0 Å². The Balaban J connectivity index is 1.71. The Labute approximate surface area is 158 Å². The lowest BCUT2D eigenvalue weighted by molar-refractivity contribution is 0.696. The molecular weight excluding hydrogens is 340 g/mol. The SMILES string of the molecule is CN(C)c1ccc(C=Nc2nnnn2/N=C/c2ccc(N(C)C)cc2)cc1. The van der Waals surface area contributed by atoms with E-state index in [0.29, 0.717) is 5.95 Å². The molecule has 3 aromatic rings. The molecule has 0 N–H and O–H groups in total. The van der Waals surface area contributed by atoms with E-state index in [1.165, 1.54) is 4.79 Å². The molecule has 0 bridgehead atoms. The third kappa shape index (κ3) is 4.75. The molecule has 1 heterocycles. The zero-order valence-corrected chi connectivity index (χ0v) is 15.9. The van der Waals surface area contributed by atoms with Gasteiger partial charge in [-0.15, -0.1) is 0 Å². The number of hydrogen-bond acceptors (Lipinski definition) is 7. The quantitative estimate of drug-likeness (QED) is 0.630. The first-order valence-electron chi connectivity index (χ1n) is 8.44. The second-order valence-corrected chi connectivity index (χ2v) is 6.34. The fourth-order valence-corrected chi connectivity index (χ4v) is 2.30. The van der Waals surface area contributed by atoms with Crippen molar-refractivity contribution in [3.05, 3.63) is 59.7 Å². The van der Waals surface area contributed by atoms with Crippen LogP contribution in [0.15, 0.2) is 58.6 Å². The van der Waals surface area contributed by atoms with Crippen molar-refractivity contribution in [3.8, 4) is 0 Å². The molecule has 0 unspecified atom stereocenters. The minimum atomic E-state index is 0.313. The monoisotopic (exact) mass is 362 g/mol. The van der Waals surface area contributed by atoms with Gasteiger partial charge < -0.3 is 9.80 Å². The summed E-state index contributed by atoms with van der Waals surface area (Å²) in [5, 5.41) is 15.7. The molecule has 0 atom stereocenters. The lowest BCUT2D eigenvalue weighted by Gasteiger charge is -2.11. The van der Waals surface area contributed by atoms with Gasteiger partial charge in [0.2, 0.25) is 0 Å². The van der Waals surface area contributed by atoms with Gasteiger partial charge in [-0.05, 0) is 45.8 Å². The molecule has 0 spiro atoms. The molecule has 0 aliphatic rings. The largest absolute Gasteiger partial charge is 0.378 e. The Morgan fingerprint density at radius 1 is 0.778 bits per heavy atom. The molecule has 8 nitrogen and oxygen atoms in total. The summed E-state index contributed by atoms with van der Waals surface area (Å²) in [4.78, 5) is 9.71. The molecule has 0 amide bonds. The topological polar surface area (TPSA) is 74.8 Å². The fraction of sp³-hybridized carbons (Fsp3) is 0.211. The summed E-state index contributed by atoms with van der Waals surface area (Å²) in [6.07, 6.45) is 3.41. The Bertz CT molecular complexity index is 845. The number of nitrogens with zero attached hydrogens (tertiary/aromatic N) is 8. The zero-order chi connectivity index (χ0) is 19.2. The van der Waals surface area contributed by atoms with Crippen molar-refractivity contribution < 1.29 is 0 Å². The van der Waals surface area contributed by atoms with Crippen LogP contribution in [-0.2, 0) is 0 Å². The van der Waals surface area contributed by atoms with E-state index in [4.69, 9.17) is 0 Å². The van der Waals surface area contributed by atoms with Gasteiger partial charge in [-0.25, -0.2) is 4.99 Å². The van der Waals surface area contributed by atoms with Crippen LogP contribution in [0.4, 0.5) is 17.3 Å². The summed E-state index contributed by atoms with van der Waals surface area (Å²) in [7, 11) is 8.01. The van der Waals surface area contributed by atoms with Crippen molar-refractivity contribution in [1.82, 2.24) is 20.3 Å². The van der Waals surface area contributed by atoms with Gasteiger partial charge in [0, 0.05) is 45.8 Å². The number of anilines is 2. The third-order valence-electron chi connectivity index (χ3n) is 3.90. The van der Waals surface area contributed by atoms with E-state index in [9.17, 15) is 0 Å². The van der Waals surface area contributed by atoms with Crippen LogP contribution >= 0.6 is 0 Å². The molecule has 0 aliphatic carbocycles. The van der Waals surface area contributed by atoms with Crippen molar-refractivity contribution in [1.29, 1.82) is 0 Å². The first-order valence-corrected chi connectivity index (χ1v) is 8.44. The van der Waals surface area contributed by atoms with Crippen molar-refractivity contribution in [2.24, 2.45) is 10.1 Å². The van der Waals surface area contributed by atoms with E-state index >= 15 is 0 Å². The highest BCUT2D eigenvalue weighted by Gasteiger charge is 2.02. The Morgan fingerprint density at radius 2 is 1.30 bits per heavy atom. The molecule has 138 valence electrons. The van der Waals surface area contributed by atoms with Crippen LogP contribution in [0.5, 0.6) is 0 Å². The van der Waals surface area contributed by atoms with E-state index < -0.39 is 0 Å². The Kier molecular flexibility index (Phi) is 5.55. The van der Waals surface area contributed by atoms with Crippen LogP contribution in [0, 0.1) is 0 Å². The fourth-order valence-electron chi connectivity index (χ4n) is 2.30. The molecule has 8 heteroatoms. The maximum absolute atomic E-state index is 4.33. The van der Waals surface area contributed by atoms with Gasteiger partial charge >= 0.3 is 0 Å². The van der Waals surface area contributed by atoms with Crippen molar-refractivity contribution in [3.63, 3.8) is 0 Å². The lowest BCUT2D eigenvalue weighted by atomic mass is 10.2. The molecule has 2 aromatic carbocycles. The van der Waals surface area contributed by atoms with Crippen LogP contribution in [0.25, 0.3) is 0 Å². The van der Waals surface area contributed by atoms with E-state index in [0.717, 1.165) is 22.5 Å². The number of rotatable bonds is 6. The van der Waals surface area contributed by atoms with E-state index in [2.05, 4.69) is 25.6 Å². The minimum Gasteiger partial charge on any atom is -0.378 e. The standard InChI is InChI=1S/C19H22N8/c1-25(2)17-9-5-15(6-10-17)13-20-19-22-23-24-27(19)21-14-16-7-11-18(12-8-16)26(3)4/h5-14H,1-4H3/b20-13?,21-14+. The van der Waals surface area contributed by atoms with Gasteiger partial charge in [0.25, 0.3) is 5.95 Å². The third-order valence-corrected chi connectivity index (χ3v) is 3.90. The highest BCUT2D eigenvalue weighted by molar-refractivity contribution is 5.82. The lowest BCUT2D eigenvalue weighted by Crippen LogP contribution is -2.08. The first kappa shape index (κ1) is 18.2. The van der Waals surface area contributed by atoms with Gasteiger partial charge in [-0.3, -0.25) is 0 Å². The number of hydrogen-bond donors (Lipinski definition) is 0. The molecule has 0 radical (unpaired) electrons. The van der Waals surface area contributed by atoms with E-state index in [1.54, 1.807) is 12.4 Å². The average molecular weight is 362 g/mol. The number of tetrazole rings is 1. The second-order valence-electron chi connectivity index (χ2n) is 6.34. The van der Waals surface area contributed by atoms with Crippen molar-refractivity contribution in [2.45, 2.75) is 0 Å². The van der Waals surface area contributed by atoms with E-state index in [-0.39, 0.29) is 0 Å². The maximum atomic E-state index is 4.33. The van der Waals surface area contributed by atoms with Crippen LogP contribution in [-0.4, -0.2) is 60.9 Å². The molecule has 0 aliphatic heterocycles. The predicted octanol–water partition coefficient (Wildman–Crippen LogP) is 2.44. The first-order chi connectivity index (χ1) is 13.0. The summed E-state index contributed by atoms with van der Waals surface area (Å²) >= 11 is 0. The summed E-state index contributed by atoms with van der Waals surface area (Å²) in [5.74, 6) is 0.313.